The number of benzene rings is 1. The minimum atomic E-state index is -1.08. The van der Waals surface area contributed by atoms with Gasteiger partial charge in [0.05, 0.1) is 12.6 Å². The van der Waals surface area contributed by atoms with Gasteiger partial charge in [-0.1, -0.05) is 11.2 Å². The molecule has 0 fully saturated rings. The van der Waals surface area contributed by atoms with Crippen LogP contribution in [0.2, 0.25) is 0 Å². The Hall–Kier alpha value is -1.55. The Labute approximate surface area is 107 Å². The van der Waals surface area contributed by atoms with Crippen molar-refractivity contribution in [1.29, 1.82) is 0 Å². The molecular weight excluding hydrogens is 230 g/mol. The van der Waals surface area contributed by atoms with Crippen molar-refractivity contribution in [2.75, 3.05) is 6.54 Å². The van der Waals surface area contributed by atoms with Gasteiger partial charge < -0.3 is 10.2 Å². The zero-order valence-electron chi connectivity index (χ0n) is 11.2. The molecule has 0 aromatic heterocycles. The standard InChI is InChI=1S/C13H19N3O2/c1-7-5-8(2)10(4)12(9(7)3)13(18)11(17)6-15-16-14/h5,11,13,17-18H,6H2,1-4H3. The van der Waals surface area contributed by atoms with Crippen LogP contribution in [-0.4, -0.2) is 22.9 Å². The van der Waals surface area contributed by atoms with E-state index in [1.54, 1.807) is 0 Å². The van der Waals surface area contributed by atoms with E-state index in [4.69, 9.17) is 5.53 Å². The smallest absolute Gasteiger partial charge is 0.106 e. The first-order valence-electron chi connectivity index (χ1n) is 5.84. The summed E-state index contributed by atoms with van der Waals surface area (Å²) in [5.41, 5.74) is 13.0. The number of azide groups is 1. The first kappa shape index (κ1) is 14.5. The first-order valence-corrected chi connectivity index (χ1v) is 5.84. The lowest BCUT2D eigenvalue weighted by atomic mass is 9.89. The van der Waals surface area contributed by atoms with Crippen LogP contribution < -0.4 is 0 Å². The molecule has 2 atom stereocenters. The number of rotatable bonds is 4. The molecule has 0 amide bonds. The summed E-state index contributed by atoms with van der Waals surface area (Å²) in [7, 11) is 0. The second-order valence-electron chi connectivity index (χ2n) is 4.60. The van der Waals surface area contributed by atoms with Crippen LogP contribution in [0.4, 0.5) is 0 Å². The Kier molecular flexibility index (Phi) is 4.73. The predicted molar refractivity (Wildman–Crippen MR) is 70.4 cm³/mol. The van der Waals surface area contributed by atoms with Gasteiger partial charge in [-0.05, 0) is 61.0 Å². The topological polar surface area (TPSA) is 89.2 Å². The Morgan fingerprint density at radius 3 is 2.11 bits per heavy atom. The molecule has 1 aromatic carbocycles. The van der Waals surface area contributed by atoms with Gasteiger partial charge in [0, 0.05) is 4.91 Å². The summed E-state index contributed by atoms with van der Waals surface area (Å²) in [4.78, 5) is 2.59. The Balaban J connectivity index is 3.19. The van der Waals surface area contributed by atoms with Crippen molar-refractivity contribution >= 4 is 0 Å². The quantitative estimate of drug-likeness (QED) is 0.488. The van der Waals surface area contributed by atoms with Crippen LogP contribution in [0.5, 0.6) is 0 Å². The van der Waals surface area contributed by atoms with Crippen LogP contribution in [0.25, 0.3) is 10.4 Å². The lowest BCUT2D eigenvalue weighted by Gasteiger charge is -2.23. The minimum absolute atomic E-state index is 0.135. The van der Waals surface area contributed by atoms with E-state index < -0.39 is 12.2 Å². The highest BCUT2D eigenvalue weighted by Crippen LogP contribution is 2.29. The number of aryl methyl sites for hydroxylation is 2. The molecule has 0 saturated heterocycles. The fraction of sp³-hybridized carbons (Fsp3) is 0.538. The summed E-state index contributed by atoms with van der Waals surface area (Å²) >= 11 is 0. The van der Waals surface area contributed by atoms with Crippen LogP contribution >= 0.6 is 0 Å². The van der Waals surface area contributed by atoms with Gasteiger partial charge in [-0.3, -0.25) is 0 Å². The number of hydrogen-bond donors (Lipinski definition) is 2. The molecule has 1 rings (SSSR count). The molecule has 0 saturated carbocycles. The summed E-state index contributed by atoms with van der Waals surface area (Å²) in [6, 6.07) is 2.06. The van der Waals surface area contributed by atoms with Gasteiger partial charge in [0.25, 0.3) is 0 Å². The van der Waals surface area contributed by atoms with E-state index in [0.717, 1.165) is 27.8 Å². The normalized spacial score (nSPS) is 13.9. The van der Waals surface area contributed by atoms with Crippen LogP contribution in [0.1, 0.15) is 33.9 Å². The van der Waals surface area contributed by atoms with Crippen LogP contribution in [0.3, 0.4) is 0 Å². The fourth-order valence-corrected chi connectivity index (χ4v) is 2.10. The van der Waals surface area contributed by atoms with Gasteiger partial charge in [0.1, 0.15) is 6.10 Å². The molecule has 0 heterocycles. The maximum atomic E-state index is 10.2. The molecule has 1 aromatic rings. The van der Waals surface area contributed by atoms with Crippen molar-refractivity contribution in [1.82, 2.24) is 0 Å². The summed E-state index contributed by atoms with van der Waals surface area (Å²) in [5.74, 6) is 0. The molecule has 5 nitrogen and oxygen atoms in total. The van der Waals surface area contributed by atoms with Crippen molar-refractivity contribution < 1.29 is 10.2 Å². The van der Waals surface area contributed by atoms with E-state index in [-0.39, 0.29) is 6.54 Å². The monoisotopic (exact) mass is 249 g/mol. The van der Waals surface area contributed by atoms with E-state index in [9.17, 15) is 10.2 Å². The lowest BCUT2D eigenvalue weighted by Crippen LogP contribution is -2.23. The molecule has 98 valence electrons. The second kappa shape index (κ2) is 5.87. The van der Waals surface area contributed by atoms with Crippen LogP contribution in [0, 0.1) is 27.7 Å². The van der Waals surface area contributed by atoms with E-state index in [2.05, 4.69) is 16.1 Å². The highest BCUT2D eigenvalue weighted by molar-refractivity contribution is 5.45. The fourth-order valence-electron chi connectivity index (χ4n) is 2.10. The van der Waals surface area contributed by atoms with Gasteiger partial charge in [-0.25, -0.2) is 0 Å². The number of nitrogens with zero attached hydrogens (tertiary/aromatic N) is 3. The second-order valence-corrected chi connectivity index (χ2v) is 4.60. The summed E-state index contributed by atoms with van der Waals surface area (Å²) in [6.07, 6.45) is -2.12. The van der Waals surface area contributed by atoms with Gasteiger partial charge in [-0.15, -0.1) is 0 Å². The molecule has 0 aliphatic heterocycles. The van der Waals surface area contributed by atoms with Gasteiger partial charge >= 0.3 is 0 Å². The Morgan fingerprint density at radius 1 is 1.17 bits per heavy atom. The van der Waals surface area contributed by atoms with E-state index in [1.807, 2.05) is 27.7 Å². The summed E-state index contributed by atoms with van der Waals surface area (Å²) < 4.78 is 0. The maximum absolute atomic E-state index is 10.2. The third-order valence-electron chi connectivity index (χ3n) is 3.42. The molecule has 0 radical (unpaired) electrons. The molecule has 2 N–H and O–H groups in total. The van der Waals surface area contributed by atoms with Crippen molar-refractivity contribution in [3.63, 3.8) is 0 Å². The van der Waals surface area contributed by atoms with Crippen molar-refractivity contribution in [3.8, 4) is 0 Å². The largest absolute Gasteiger partial charge is 0.390 e. The first-order chi connectivity index (χ1) is 8.40. The molecular formula is C13H19N3O2. The van der Waals surface area contributed by atoms with Gasteiger partial charge in [0.15, 0.2) is 0 Å². The SMILES string of the molecule is Cc1cc(C)c(C)c(C(O)C(O)CN=[N+]=[N-])c1C. The third-order valence-corrected chi connectivity index (χ3v) is 3.42. The van der Waals surface area contributed by atoms with Crippen molar-refractivity contribution in [3.05, 3.63) is 44.3 Å². The third kappa shape index (κ3) is 2.82. The highest BCUT2D eigenvalue weighted by atomic mass is 16.3. The van der Waals surface area contributed by atoms with Crippen LogP contribution in [0.15, 0.2) is 11.2 Å². The minimum Gasteiger partial charge on any atom is -0.390 e. The van der Waals surface area contributed by atoms with Crippen molar-refractivity contribution in [2.24, 2.45) is 5.11 Å². The molecule has 2 unspecified atom stereocenters. The van der Waals surface area contributed by atoms with E-state index >= 15 is 0 Å². The average molecular weight is 249 g/mol. The predicted octanol–water partition coefficient (Wildman–Crippen LogP) is 2.62. The van der Waals surface area contributed by atoms with Crippen LogP contribution in [-0.2, 0) is 0 Å². The van der Waals surface area contributed by atoms with E-state index in [1.165, 1.54) is 0 Å². The van der Waals surface area contributed by atoms with Crippen molar-refractivity contribution in [2.45, 2.75) is 39.9 Å². The zero-order valence-corrected chi connectivity index (χ0v) is 11.2. The molecule has 0 aliphatic rings. The van der Waals surface area contributed by atoms with Gasteiger partial charge in [0.2, 0.25) is 0 Å². The summed E-state index contributed by atoms with van der Waals surface area (Å²) in [6.45, 7) is 7.64. The lowest BCUT2D eigenvalue weighted by molar-refractivity contribution is 0.0236. The highest BCUT2D eigenvalue weighted by Gasteiger charge is 2.22. The molecule has 5 heteroatoms. The molecule has 0 spiro atoms. The average Bonchev–Trinajstić information content (AvgIpc) is 2.33. The molecule has 0 aliphatic carbocycles. The molecule has 18 heavy (non-hydrogen) atoms. The number of aliphatic hydroxyl groups excluding tert-OH is 2. The number of aliphatic hydroxyl groups is 2. The Morgan fingerprint density at radius 2 is 1.67 bits per heavy atom. The summed E-state index contributed by atoms with van der Waals surface area (Å²) in [5, 5.41) is 23.3. The maximum Gasteiger partial charge on any atom is 0.106 e. The number of hydrogen-bond acceptors (Lipinski definition) is 3. The molecule has 0 bridgehead atoms. The van der Waals surface area contributed by atoms with Gasteiger partial charge in [-0.2, -0.15) is 0 Å². The zero-order chi connectivity index (χ0) is 13.9. The Bertz CT molecular complexity index is 467. The van der Waals surface area contributed by atoms with E-state index in [0.29, 0.717) is 0 Å².